The van der Waals surface area contributed by atoms with E-state index in [0.717, 1.165) is 38.8 Å². The molecule has 8 heteroatoms. The molecule has 2 aliphatic heterocycles. The first-order valence-corrected chi connectivity index (χ1v) is 10.3. The summed E-state index contributed by atoms with van der Waals surface area (Å²) in [5.74, 6) is 0.305. The number of piperidine rings is 1. The standard InChI is InChI=1S/C21H26FN3O4/c1-29-20-17-13(19(26)14(21(27)28)9-25(17)12-4-5-12)7-15(22)18(20)24-8-11-3-2-6-23-16(11)10-24/h7,9,11-12,16,21,23,27-28H,2-6,8,10H2,1H3. The topological polar surface area (TPSA) is 87.0 Å². The molecule has 0 bridgehead atoms. The van der Waals surface area contributed by atoms with Crippen LogP contribution in [-0.2, 0) is 0 Å². The molecule has 1 aliphatic carbocycles. The zero-order valence-electron chi connectivity index (χ0n) is 16.4. The number of benzene rings is 1. The molecule has 0 spiro atoms. The second kappa shape index (κ2) is 6.97. The summed E-state index contributed by atoms with van der Waals surface area (Å²) in [4.78, 5) is 14.9. The SMILES string of the molecule is COc1c(N2CC3CCCNC3C2)c(F)cc2c(=O)c(C(O)O)cn(C3CC3)c12. The van der Waals surface area contributed by atoms with Gasteiger partial charge in [0.15, 0.2) is 23.3 Å². The van der Waals surface area contributed by atoms with Gasteiger partial charge in [0, 0.05) is 31.4 Å². The Kier molecular flexibility index (Phi) is 4.53. The van der Waals surface area contributed by atoms with Crippen LogP contribution in [0.3, 0.4) is 0 Å². The number of hydrogen-bond acceptors (Lipinski definition) is 6. The third-order valence-electron chi connectivity index (χ3n) is 6.56. The number of nitrogens with zero attached hydrogens (tertiary/aromatic N) is 2. The van der Waals surface area contributed by atoms with E-state index >= 15 is 4.39 Å². The van der Waals surface area contributed by atoms with Crippen LogP contribution in [0.15, 0.2) is 17.1 Å². The lowest BCUT2D eigenvalue weighted by atomic mass is 9.94. The maximum absolute atomic E-state index is 15.3. The van der Waals surface area contributed by atoms with Gasteiger partial charge in [-0.2, -0.15) is 0 Å². The first-order chi connectivity index (χ1) is 14.0. The van der Waals surface area contributed by atoms with Crippen molar-refractivity contribution < 1.29 is 19.3 Å². The monoisotopic (exact) mass is 403 g/mol. The summed E-state index contributed by atoms with van der Waals surface area (Å²) in [6.45, 7) is 2.43. The maximum atomic E-state index is 15.3. The van der Waals surface area contributed by atoms with Gasteiger partial charge in [0.1, 0.15) is 5.69 Å². The number of aliphatic hydroxyl groups excluding tert-OH is 1. The molecule has 3 heterocycles. The van der Waals surface area contributed by atoms with Gasteiger partial charge < -0.3 is 29.7 Å². The molecular weight excluding hydrogens is 377 g/mol. The number of hydrogen-bond donors (Lipinski definition) is 3. The first-order valence-electron chi connectivity index (χ1n) is 10.3. The zero-order valence-corrected chi connectivity index (χ0v) is 16.4. The van der Waals surface area contributed by atoms with E-state index in [1.54, 1.807) is 0 Å². The Hall–Kier alpha value is -2.16. The van der Waals surface area contributed by atoms with Gasteiger partial charge in [0.25, 0.3) is 0 Å². The number of ether oxygens (including phenoxy) is 1. The van der Waals surface area contributed by atoms with Crippen molar-refractivity contribution in [3.8, 4) is 5.75 Å². The molecule has 7 nitrogen and oxygen atoms in total. The summed E-state index contributed by atoms with van der Waals surface area (Å²) in [5, 5.41) is 22.9. The smallest absolute Gasteiger partial charge is 0.197 e. The number of halogens is 1. The molecule has 1 aromatic carbocycles. The molecule has 29 heavy (non-hydrogen) atoms. The van der Waals surface area contributed by atoms with E-state index in [1.807, 2.05) is 9.47 Å². The van der Waals surface area contributed by atoms with Crippen molar-refractivity contribution in [3.63, 3.8) is 0 Å². The number of nitrogens with one attached hydrogen (secondary N) is 1. The number of rotatable bonds is 4. The van der Waals surface area contributed by atoms with Crippen molar-refractivity contribution in [1.29, 1.82) is 0 Å². The average molecular weight is 403 g/mol. The van der Waals surface area contributed by atoms with Crippen molar-refractivity contribution in [1.82, 2.24) is 9.88 Å². The highest BCUT2D eigenvalue weighted by molar-refractivity contribution is 5.92. The van der Waals surface area contributed by atoms with Gasteiger partial charge in [0.05, 0.1) is 23.6 Å². The molecule has 3 fully saturated rings. The molecule has 2 atom stereocenters. The van der Waals surface area contributed by atoms with E-state index in [4.69, 9.17) is 4.74 Å². The van der Waals surface area contributed by atoms with Crippen molar-refractivity contribution in [2.24, 2.45) is 5.92 Å². The predicted octanol–water partition coefficient (Wildman–Crippen LogP) is 1.66. The minimum Gasteiger partial charge on any atom is -0.492 e. The molecule has 1 aromatic heterocycles. The van der Waals surface area contributed by atoms with Crippen LogP contribution in [-0.4, -0.2) is 47.6 Å². The molecule has 2 saturated heterocycles. The predicted molar refractivity (Wildman–Crippen MR) is 107 cm³/mol. The van der Waals surface area contributed by atoms with Crippen molar-refractivity contribution >= 4 is 16.6 Å². The van der Waals surface area contributed by atoms with E-state index in [-0.39, 0.29) is 17.0 Å². The lowest BCUT2D eigenvalue weighted by molar-refractivity contribution is -0.0435. The third-order valence-corrected chi connectivity index (χ3v) is 6.56. The van der Waals surface area contributed by atoms with Crippen LogP contribution in [0.4, 0.5) is 10.1 Å². The Morgan fingerprint density at radius 3 is 2.72 bits per heavy atom. The second-order valence-electron chi connectivity index (χ2n) is 8.43. The summed E-state index contributed by atoms with van der Waals surface area (Å²) in [5.41, 5.74) is 0.202. The number of methoxy groups -OCH3 is 1. The molecule has 5 rings (SSSR count). The number of anilines is 1. The zero-order chi connectivity index (χ0) is 20.3. The van der Waals surface area contributed by atoms with E-state index in [0.29, 0.717) is 35.5 Å². The minimum absolute atomic E-state index is 0.121. The minimum atomic E-state index is -1.90. The highest BCUT2D eigenvalue weighted by atomic mass is 19.1. The molecule has 2 aromatic rings. The second-order valence-corrected chi connectivity index (χ2v) is 8.43. The fourth-order valence-corrected chi connectivity index (χ4v) is 5.01. The normalized spacial score (nSPS) is 24.4. The Bertz CT molecular complexity index is 1000. The number of pyridine rings is 1. The van der Waals surface area contributed by atoms with Crippen LogP contribution < -0.4 is 20.4 Å². The van der Waals surface area contributed by atoms with E-state index < -0.39 is 17.5 Å². The van der Waals surface area contributed by atoms with Crippen LogP contribution in [0.5, 0.6) is 5.75 Å². The fraction of sp³-hybridized carbons (Fsp3) is 0.571. The first kappa shape index (κ1) is 18.8. The third kappa shape index (κ3) is 3.01. The van der Waals surface area contributed by atoms with E-state index in [2.05, 4.69) is 5.32 Å². The van der Waals surface area contributed by atoms with Crippen LogP contribution in [0.2, 0.25) is 0 Å². The van der Waals surface area contributed by atoms with Crippen molar-refractivity contribution in [2.45, 2.75) is 44.1 Å². The Morgan fingerprint density at radius 2 is 2.07 bits per heavy atom. The Morgan fingerprint density at radius 1 is 1.28 bits per heavy atom. The molecule has 3 aliphatic rings. The van der Waals surface area contributed by atoms with Gasteiger partial charge in [-0.25, -0.2) is 4.39 Å². The fourth-order valence-electron chi connectivity index (χ4n) is 5.01. The van der Waals surface area contributed by atoms with E-state index in [9.17, 15) is 15.0 Å². The summed E-state index contributed by atoms with van der Waals surface area (Å²) in [6.07, 6.45) is 3.68. The van der Waals surface area contributed by atoms with E-state index in [1.165, 1.54) is 19.4 Å². The number of aromatic nitrogens is 1. The lowest BCUT2D eigenvalue weighted by Crippen LogP contribution is -2.40. The van der Waals surface area contributed by atoms with Crippen molar-refractivity contribution in [2.75, 3.05) is 31.6 Å². The average Bonchev–Trinajstić information content (AvgIpc) is 3.45. The van der Waals surface area contributed by atoms with Gasteiger partial charge in [-0.1, -0.05) is 0 Å². The quantitative estimate of drug-likeness (QED) is 0.673. The van der Waals surface area contributed by atoms with Gasteiger partial charge in [-0.15, -0.1) is 0 Å². The number of fused-ring (bicyclic) bond motifs is 2. The maximum Gasteiger partial charge on any atom is 0.197 e. The highest BCUT2D eigenvalue weighted by Gasteiger charge is 2.38. The molecule has 3 N–H and O–H groups in total. The summed E-state index contributed by atoms with van der Waals surface area (Å²) < 4.78 is 22.9. The molecule has 0 radical (unpaired) electrons. The van der Waals surface area contributed by atoms with Gasteiger partial charge in [-0.3, -0.25) is 4.79 Å². The van der Waals surface area contributed by atoms with Gasteiger partial charge in [-0.05, 0) is 44.2 Å². The molecule has 0 amide bonds. The Balaban J connectivity index is 1.72. The van der Waals surface area contributed by atoms with Crippen LogP contribution in [0, 0.1) is 11.7 Å². The summed E-state index contributed by atoms with van der Waals surface area (Å²) in [6, 6.07) is 1.71. The highest BCUT2D eigenvalue weighted by Crippen LogP contribution is 2.45. The Labute approximate surface area is 167 Å². The largest absolute Gasteiger partial charge is 0.492 e. The molecule has 156 valence electrons. The number of aliphatic hydroxyl groups is 2. The molecule has 1 saturated carbocycles. The lowest BCUT2D eigenvalue weighted by Gasteiger charge is -2.25. The molecule has 2 unspecified atom stereocenters. The molecular formula is C21H26FN3O4. The summed E-state index contributed by atoms with van der Waals surface area (Å²) in [7, 11) is 1.50. The summed E-state index contributed by atoms with van der Waals surface area (Å²) >= 11 is 0. The van der Waals surface area contributed by atoms with Gasteiger partial charge in [0.2, 0.25) is 0 Å². The van der Waals surface area contributed by atoms with Crippen LogP contribution in [0.25, 0.3) is 10.9 Å². The van der Waals surface area contributed by atoms with Crippen LogP contribution >= 0.6 is 0 Å². The van der Waals surface area contributed by atoms with Crippen LogP contribution in [0.1, 0.15) is 43.6 Å². The van der Waals surface area contributed by atoms with Crippen molar-refractivity contribution in [3.05, 3.63) is 33.9 Å². The van der Waals surface area contributed by atoms with Gasteiger partial charge >= 0.3 is 0 Å².